The first-order valence-corrected chi connectivity index (χ1v) is 7.76. The predicted molar refractivity (Wildman–Crippen MR) is 94.4 cm³/mol. The Morgan fingerprint density at radius 2 is 1.70 bits per heavy atom. The fraction of sp³-hybridized carbons (Fsp3) is 0.316. The molecule has 0 aliphatic heterocycles. The van der Waals surface area contributed by atoms with E-state index < -0.39 is 0 Å². The number of hydrogen-bond acceptors (Lipinski definition) is 2. The Morgan fingerprint density at radius 1 is 1.09 bits per heavy atom. The van der Waals surface area contributed by atoms with Gasteiger partial charge in [-0.15, -0.1) is 0 Å². The van der Waals surface area contributed by atoms with Crippen molar-refractivity contribution in [1.29, 1.82) is 0 Å². The van der Waals surface area contributed by atoms with E-state index in [4.69, 9.17) is 4.74 Å². The fourth-order valence-electron chi connectivity index (χ4n) is 2.59. The number of rotatable bonds is 5. The largest absolute Gasteiger partial charge is 0.491 e. The van der Waals surface area contributed by atoms with Crippen molar-refractivity contribution in [3.05, 3.63) is 59.2 Å². The van der Waals surface area contributed by atoms with Crippen molar-refractivity contribution in [3.8, 4) is 5.75 Å². The molecular formula is C19H24N2O2. The van der Waals surface area contributed by atoms with Gasteiger partial charge in [0.2, 0.25) is 0 Å². The molecule has 0 spiro atoms. The number of hydrogen-bond donors (Lipinski definition) is 1. The van der Waals surface area contributed by atoms with E-state index >= 15 is 0 Å². The number of benzene rings is 2. The van der Waals surface area contributed by atoms with E-state index in [1.807, 2.05) is 44.2 Å². The van der Waals surface area contributed by atoms with Gasteiger partial charge in [0.05, 0.1) is 6.54 Å². The van der Waals surface area contributed by atoms with Crippen molar-refractivity contribution in [3.63, 3.8) is 0 Å². The SMILES string of the molecule is Cc1cc(C)c(OCCNC(=O)N(C)c2ccccc2)c(C)c1. The minimum atomic E-state index is -0.142. The van der Waals surface area contributed by atoms with Crippen LogP contribution in [0.25, 0.3) is 0 Å². The van der Waals surface area contributed by atoms with Crippen molar-refractivity contribution in [2.24, 2.45) is 0 Å². The molecule has 0 bridgehead atoms. The summed E-state index contributed by atoms with van der Waals surface area (Å²) in [5.74, 6) is 0.904. The van der Waals surface area contributed by atoms with E-state index in [1.165, 1.54) is 5.56 Å². The van der Waals surface area contributed by atoms with Gasteiger partial charge in [0.1, 0.15) is 12.4 Å². The summed E-state index contributed by atoms with van der Waals surface area (Å²) in [5, 5.41) is 2.86. The number of carbonyl (C=O) groups is 1. The van der Waals surface area contributed by atoms with E-state index in [2.05, 4.69) is 24.4 Å². The number of para-hydroxylation sites is 1. The molecule has 0 radical (unpaired) electrons. The number of urea groups is 1. The van der Waals surface area contributed by atoms with Crippen LogP contribution < -0.4 is 15.0 Å². The molecule has 2 rings (SSSR count). The van der Waals surface area contributed by atoms with Gasteiger partial charge in [0, 0.05) is 12.7 Å². The Balaban J connectivity index is 1.83. The Bertz CT molecular complexity index is 645. The van der Waals surface area contributed by atoms with Crippen molar-refractivity contribution < 1.29 is 9.53 Å². The van der Waals surface area contributed by atoms with Crippen LogP contribution in [0.3, 0.4) is 0 Å². The normalized spacial score (nSPS) is 10.3. The van der Waals surface area contributed by atoms with Crippen LogP contribution in [0, 0.1) is 20.8 Å². The maximum Gasteiger partial charge on any atom is 0.321 e. The number of aryl methyl sites for hydroxylation is 3. The molecule has 4 heteroatoms. The lowest BCUT2D eigenvalue weighted by Crippen LogP contribution is -2.39. The molecule has 0 aliphatic carbocycles. The van der Waals surface area contributed by atoms with Gasteiger partial charge in [-0.1, -0.05) is 35.9 Å². The first-order chi connectivity index (χ1) is 11.0. The molecule has 0 aliphatic rings. The highest BCUT2D eigenvalue weighted by molar-refractivity contribution is 5.91. The molecule has 0 fully saturated rings. The highest BCUT2D eigenvalue weighted by Gasteiger charge is 2.10. The van der Waals surface area contributed by atoms with Gasteiger partial charge in [0.25, 0.3) is 0 Å². The lowest BCUT2D eigenvalue weighted by atomic mass is 10.1. The zero-order valence-electron chi connectivity index (χ0n) is 14.2. The lowest BCUT2D eigenvalue weighted by Gasteiger charge is -2.18. The highest BCUT2D eigenvalue weighted by Crippen LogP contribution is 2.24. The van der Waals surface area contributed by atoms with E-state index in [0.717, 1.165) is 22.6 Å². The second kappa shape index (κ2) is 7.68. The molecule has 0 unspecified atom stereocenters. The molecule has 4 nitrogen and oxygen atoms in total. The number of anilines is 1. The molecule has 2 amide bonds. The summed E-state index contributed by atoms with van der Waals surface area (Å²) in [5.41, 5.74) is 4.33. The summed E-state index contributed by atoms with van der Waals surface area (Å²) in [4.78, 5) is 13.7. The van der Waals surface area contributed by atoms with E-state index in [-0.39, 0.29) is 6.03 Å². The molecule has 23 heavy (non-hydrogen) atoms. The average molecular weight is 312 g/mol. The Hall–Kier alpha value is -2.49. The monoisotopic (exact) mass is 312 g/mol. The van der Waals surface area contributed by atoms with Crippen LogP contribution in [0.4, 0.5) is 10.5 Å². The number of nitrogens with one attached hydrogen (secondary N) is 1. The van der Waals surface area contributed by atoms with Gasteiger partial charge in [-0.05, 0) is 44.0 Å². The maximum atomic E-state index is 12.1. The van der Waals surface area contributed by atoms with Gasteiger partial charge in [-0.3, -0.25) is 4.90 Å². The zero-order chi connectivity index (χ0) is 16.8. The van der Waals surface area contributed by atoms with E-state index in [9.17, 15) is 4.79 Å². The summed E-state index contributed by atoms with van der Waals surface area (Å²) in [6.07, 6.45) is 0. The third-order valence-electron chi connectivity index (χ3n) is 3.68. The second-order valence-electron chi connectivity index (χ2n) is 5.70. The molecule has 0 heterocycles. The van der Waals surface area contributed by atoms with E-state index in [0.29, 0.717) is 13.2 Å². The summed E-state index contributed by atoms with van der Waals surface area (Å²) < 4.78 is 5.83. The van der Waals surface area contributed by atoms with Crippen LogP contribution >= 0.6 is 0 Å². The molecule has 1 N–H and O–H groups in total. The van der Waals surface area contributed by atoms with Gasteiger partial charge in [0.15, 0.2) is 0 Å². The van der Waals surface area contributed by atoms with Crippen molar-refractivity contribution in [2.75, 3.05) is 25.1 Å². The van der Waals surface area contributed by atoms with Crippen LogP contribution in [-0.2, 0) is 0 Å². The average Bonchev–Trinajstić information content (AvgIpc) is 2.53. The topological polar surface area (TPSA) is 41.6 Å². The molecule has 122 valence electrons. The lowest BCUT2D eigenvalue weighted by molar-refractivity contribution is 0.242. The van der Waals surface area contributed by atoms with Crippen molar-refractivity contribution >= 4 is 11.7 Å². The smallest absolute Gasteiger partial charge is 0.321 e. The van der Waals surface area contributed by atoms with Crippen LogP contribution in [-0.4, -0.2) is 26.2 Å². The summed E-state index contributed by atoms with van der Waals surface area (Å²) in [7, 11) is 1.75. The first kappa shape index (κ1) is 16.9. The minimum Gasteiger partial charge on any atom is -0.491 e. The first-order valence-electron chi connectivity index (χ1n) is 7.76. The summed E-state index contributed by atoms with van der Waals surface area (Å²) in [6.45, 7) is 7.06. The number of amides is 2. The maximum absolute atomic E-state index is 12.1. The molecule has 0 saturated heterocycles. The number of nitrogens with zero attached hydrogens (tertiary/aromatic N) is 1. The molecular weight excluding hydrogens is 288 g/mol. The quantitative estimate of drug-likeness (QED) is 0.852. The molecule has 2 aromatic carbocycles. The summed E-state index contributed by atoms with van der Waals surface area (Å²) >= 11 is 0. The third-order valence-corrected chi connectivity index (χ3v) is 3.68. The third kappa shape index (κ3) is 4.49. The summed E-state index contributed by atoms with van der Waals surface area (Å²) in [6, 6.07) is 13.6. The predicted octanol–water partition coefficient (Wildman–Crippen LogP) is 3.84. The number of carbonyl (C=O) groups excluding carboxylic acids is 1. The Kier molecular flexibility index (Phi) is 5.63. The van der Waals surface area contributed by atoms with Gasteiger partial charge in [-0.2, -0.15) is 0 Å². The van der Waals surface area contributed by atoms with Gasteiger partial charge in [-0.25, -0.2) is 4.79 Å². The van der Waals surface area contributed by atoms with Crippen molar-refractivity contribution in [2.45, 2.75) is 20.8 Å². The molecule has 0 aromatic heterocycles. The van der Waals surface area contributed by atoms with Gasteiger partial charge < -0.3 is 10.1 Å². The van der Waals surface area contributed by atoms with Crippen LogP contribution in [0.2, 0.25) is 0 Å². The van der Waals surface area contributed by atoms with Crippen LogP contribution in [0.5, 0.6) is 5.75 Å². The standard InChI is InChI=1S/C19H24N2O2/c1-14-12-15(2)18(16(3)13-14)23-11-10-20-19(22)21(4)17-8-6-5-7-9-17/h5-9,12-13H,10-11H2,1-4H3,(H,20,22). The second-order valence-corrected chi connectivity index (χ2v) is 5.70. The highest BCUT2D eigenvalue weighted by atomic mass is 16.5. The van der Waals surface area contributed by atoms with Crippen LogP contribution in [0.15, 0.2) is 42.5 Å². The zero-order valence-corrected chi connectivity index (χ0v) is 14.2. The van der Waals surface area contributed by atoms with E-state index in [1.54, 1.807) is 11.9 Å². The van der Waals surface area contributed by atoms with Gasteiger partial charge >= 0.3 is 6.03 Å². The Labute approximate surface area is 138 Å². The molecule has 0 atom stereocenters. The number of ether oxygens (including phenoxy) is 1. The van der Waals surface area contributed by atoms with Crippen molar-refractivity contribution in [1.82, 2.24) is 5.32 Å². The molecule has 0 saturated carbocycles. The van der Waals surface area contributed by atoms with Crippen LogP contribution in [0.1, 0.15) is 16.7 Å². The Morgan fingerprint density at radius 3 is 2.30 bits per heavy atom. The fourth-order valence-corrected chi connectivity index (χ4v) is 2.59. The minimum absolute atomic E-state index is 0.142. The molecule has 2 aromatic rings.